The van der Waals surface area contributed by atoms with Gasteiger partial charge in [-0.15, -0.1) is 0 Å². The van der Waals surface area contributed by atoms with Crippen molar-refractivity contribution < 1.29 is 19.6 Å². The van der Waals surface area contributed by atoms with Crippen molar-refractivity contribution in [3.63, 3.8) is 0 Å². The number of nitrogens with zero attached hydrogens (tertiary/aromatic N) is 2. The molecule has 2 amide bonds. The van der Waals surface area contributed by atoms with Gasteiger partial charge < -0.3 is 5.11 Å². The molecule has 1 aliphatic heterocycles. The number of phenols is 1. The summed E-state index contributed by atoms with van der Waals surface area (Å²) >= 11 is 0. The molecule has 0 atom stereocenters. The molecule has 0 aliphatic carbocycles. The van der Waals surface area contributed by atoms with E-state index in [0.29, 0.717) is 13.0 Å². The number of hydrogen-bond donors (Lipinski definition) is 1. The van der Waals surface area contributed by atoms with Crippen molar-refractivity contribution in [1.82, 2.24) is 4.90 Å². The highest BCUT2D eigenvalue weighted by atomic mass is 16.6. The highest BCUT2D eigenvalue weighted by Crippen LogP contribution is 2.41. The Hall–Kier alpha value is -2.96. The highest BCUT2D eigenvalue weighted by Gasteiger charge is 2.35. The summed E-state index contributed by atoms with van der Waals surface area (Å²) < 4.78 is 0. The van der Waals surface area contributed by atoms with Crippen LogP contribution < -0.4 is 0 Å². The number of nitro benzene ring substituents is 1. The van der Waals surface area contributed by atoms with Gasteiger partial charge in [-0.05, 0) is 18.6 Å². The molecule has 0 unspecified atom stereocenters. The van der Waals surface area contributed by atoms with Crippen molar-refractivity contribution in [3.05, 3.63) is 45.5 Å². The maximum absolute atomic E-state index is 12.8. The number of hydrogen-bond acceptors (Lipinski definition) is 5. The van der Waals surface area contributed by atoms with Crippen molar-refractivity contribution in [2.75, 3.05) is 6.54 Å². The Morgan fingerprint density at radius 2 is 1.70 bits per heavy atom. The quantitative estimate of drug-likeness (QED) is 0.321. The molecule has 2 aromatic rings. The van der Waals surface area contributed by atoms with Gasteiger partial charge in [-0.2, -0.15) is 0 Å². The predicted octanol–water partition coefficient (Wildman–Crippen LogP) is 4.41. The zero-order valence-corrected chi connectivity index (χ0v) is 15.2. The van der Waals surface area contributed by atoms with Crippen LogP contribution in [0.2, 0.25) is 0 Å². The fourth-order valence-corrected chi connectivity index (χ4v) is 3.63. The molecule has 1 N–H and O–H groups in total. The van der Waals surface area contributed by atoms with Gasteiger partial charge >= 0.3 is 5.69 Å². The number of benzene rings is 2. The number of nitro groups is 1. The lowest BCUT2D eigenvalue weighted by molar-refractivity contribution is -0.384. The second-order valence-electron chi connectivity index (χ2n) is 6.81. The monoisotopic (exact) mass is 370 g/mol. The Labute approximate surface area is 156 Å². The van der Waals surface area contributed by atoms with Crippen LogP contribution >= 0.6 is 0 Å². The Kier molecular flexibility index (Phi) is 5.39. The summed E-state index contributed by atoms with van der Waals surface area (Å²) in [5.41, 5.74) is -0.0916. The molecule has 0 bridgehead atoms. The van der Waals surface area contributed by atoms with Gasteiger partial charge in [0, 0.05) is 23.6 Å². The fourth-order valence-electron chi connectivity index (χ4n) is 3.63. The Morgan fingerprint density at radius 3 is 2.41 bits per heavy atom. The molecule has 0 radical (unpaired) electrons. The topological polar surface area (TPSA) is 101 Å². The first-order valence-electron chi connectivity index (χ1n) is 9.26. The molecule has 0 saturated carbocycles. The molecule has 27 heavy (non-hydrogen) atoms. The molecule has 1 aliphatic rings. The van der Waals surface area contributed by atoms with Crippen molar-refractivity contribution >= 4 is 28.3 Å². The minimum atomic E-state index is -0.699. The van der Waals surface area contributed by atoms with Crippen LogP contribution in [0, 0.1) is 10.1 Å². The summed E-state index contributed by atoms with van der Waals surface area (Å²) in [5.74, 6) is -1.52. The van der Waals surface area contributed by atoms with E-state index >= 15 is 0 Å². The van der Waals surface area contributed by atoms with E-state index in [1.165, 1.54) is 23.5 Å². The van der Waals surface area contributed by atoms with Crippen molar-refractivity contribution in [2.24, 2.45) is 0 Å². The van der Waals surface area contributed by atoms with E-state index in [9.17, 15) is 24.8 Å². The van der Waals surface area contributed by atoms with Gasteiger partial charge in [0.25, 0.3) is 11.8 Å². The molecular weight excluding hydrogens is 348 g/mol. The molecule has 142 valence electrons. The van der Waals surface area contributed by atoms with Crippen molar-refractivity contribution in [3.8, 4) is 5.75 Å². The molecule has 7 nitrogen and oxygen atoms in total. The molecule has 0 fully saturated rings. The number of imide groups is 1. The molecule has 1 heterocycles. The van der Waals surface area contributed by atoms with E-state index in [1.54, 1.807) is 6.07 Å². The first-order chi connectivity index (χ1) is 13.0. The minimum Gasteiger partial charge on any atom is -0.502 e. The standard InChI is InChI=1S/C20H22N2O5/c1-2-3-4-5-6-7-11-21-19(24)14-10-8-9-13-17(14)15(20(21)25)12-16(23)18(13)22(26)27/h8-10,12,23H,2-7,11H2,1H3. The molecule has 0 saturated heterocycles. The van der Waals surface area contributed by atoms with Crippen molar-refractivity contribution in [2.45, 2.75) is 45.4 Å². The third kappa shape index (κ3) is 3.37. The number of amides is 2. The summed E-state index contributed by atoms with van der Waals surface area (Å²) in [4.78, 5) is 37.4. The predicted molar refractivity (Wildman–Crippen MR) is 101 cm³/mol. The second kappa shape index (κ2) is 7.73. The van der Waals surface area contributed by atoms with E-state index in [4.69, 9.17) is 0 Å². The maximum atomic E-state index is 12.8. The van der Waals surface area contributed by atoms with Crippen LogP contribution in [0.4, 0.5) is 5.69 Å². The number of aromatic hydroxyl groups is 1. The molecule has 2 aromatic carbocycles. The average Bonchev–Trinajstić information content (AvgIpc) is 2.64. The lowest BCUT2D eigenvalue weighted by Gasteiger charge is -2.27. The molecule has 0 spiro atoms. The lowest BCUT2D eigenvalue weighted by atomic mass is 9.92. The maximum Gasteiger partial charge on any atom is 0.318 e. The summed E-state index contributed by atoms with van der Waals surface area (Å²) in [5, 5.41) is 21.7. The van der Waals surface area contributed by atoms with Crippen molar-refractivity contribution in [1.29, 1.82) is 0 Å². The van der Waals surface area contributed by atoms with Crippen LogP contribution in [0.5, 0.6) is 5.75 Å². The van der Waals surface area contributed by atoms with Crippen LogP contribution in [0.1, 0.15) is 66.2 Å². The first-order valence-corrected chi connectivity index (χ1v) is 9.26. The summed E-state index contributed by atoms with van der Waals surface area (Å²) in [7, 11) is 0. The lowest BCUT2D eigenvalue weighted by Crippen LogP contribution is -2.40. The molecule has 7 heteroatoms. The van der Waals surface area contributed by atoms with Crippen LogP contribution in [0.25, 0.3) is 10.8 Å². The molecular formula is C20H22N2O5. The van der Waals surface area contributed by atoms with Gasteiger partial charge in [-0.25, -0.2) is 0 Å². The largest absolute Gasteiger partial charge is 0.502 e. The van der Waals surface area contributed by atoms with Gasteiger partial charge in [-0.3, -0.25) is 24.6 Å². The van der Waals surface area contributed by atoms with Crippen LogP contribution in [0.3, 0.4) is 0 Å². The molecule has 0 aromatic heterocycles. The number of rotatable bonds is 8. The smallest absolute Gasteiger partial charge is 0.318 e. The summed E-state index contributed by atoms with van der Waals surface area (Å²) in [6.07, 6.45) is 6.17. The Morgan fingerprint density at radius 1 is 1.04 bits per heavy atom. The van der Waals surface area contributed by atoms with Gasteiger partial charge in [0.15, 0.2) is 5.75 Å². The van der Waals surface area contributed by atoms with Crippen LogP contribution in [-0.4, -0.2) is 33.3 Å². The normalized spacial score (nSPS) is 13.4. The number of phenolic OH excluding ortho intramolecular Hbond substituents is 1. The zero-order valence-electron chi connectivity index (χ0n) is 15.2. The average molecular weight is 370 g/mol. The van der Waals surface area contributed by atoms with E-state index < -0.39 is 28.2 Å². The first kappa shape index (κ1) is 18.8. The summed E-state index contributed by atoms with van der Waals surface area (Å²) in [6, 6.07) is 5.65. The van der Waals surface area contributed by atoms with Crippen LogP contribution in [0.15, 0.2) is 24.3 Å². The Balaban J connectivity index is 1.92. The number of carbonyl (C=O) groups excluding carboxylic acids is 2. The van der Waals surface area contributed by atoms with Gasteiger partial charge in [0.05, 0.1) is 15.9 Å². The zero-order chi connectivity index (χ0) is 19.6. The Bertz CT molecular complexity index is 922. The second-order valence-corrected chi connectivity index (χ2v) is 6.81. The van der Waals surface area contributed by atoms with Gasteiger partial charge in [0.1, 0.15) is 0 Å². The fraction of sp³-hybridized carbons (Fsp3) is 0.400. The number of carbonyl (C=O) groups is 2. The van der Waals surface area contributed by atoms with Crippen LogP contribution in [-0.2, 0) is 0 Å². The van der Waals surface area contributed by atoms with E-state index in [-0.39, 0.29) is 21.9 Å². The number of unbranched alkanes of at least 4 members (excludes halogenated alkanes) is 5. The highest BCUT2D eigenvalue weighted by molar-refractivity contribution is 6.26. The SMILES string of the molecule is CCCCCCCCN1C(=O)c2cccc3c([N+](=O)[O-])c(O)cc(c23)C1=O. The van der Waals surface area contributed by atoms with Gasteiger partial charge in [0.2, 0.25) is 0 Å². The van der Waals surface area contributed by atoms with Gasteiger partial charge in [-0.1, -0.05) is 45.1 Å². The van der Waals surface area contributed by atoms with E-state index in [1.807, 2.05) is 0 Å². The molecule has 3 rings (SSSR count). The summed E-state index contributed by atoms with van der Waals surface area (Å²) in [6.45, 7) is 2.44. The third-order valence-electron chi connectivity index (χ3n) is 4.98. The van der Waals surface area contributed by atoms with E-state index in [2.05, 4.69) is 6.92 Å². The van der Waals surface area contributed by atoms with E-state index in [0.717, 1.165) is 31.7 Å². The minimum absolute atomic E-state index is 0.105. The third-order valence-corrected chi connectivity index (χ3v) is 4.98.